The standard InChI is InChI=1S/C30H43N3O2/c1-4-6-8-10-11-12-13-14-16-25-22-32-28(33-23-25)26-17-19-27(20-18-26)35-29(34)30(3,24-31)21-15-9-7-5-2/h17-20,22-23H,4-16,21H2,1-3H3. The molecule has 0 radical (unpaired) electrons. The van der Waals surface area contributed by atoms with E-state index in [4.69, 9.17) is 4.74 Å². The van der Waals surface area contributed by atoms with E-state index in [1.54, 1.807) is 19.1 Å². The molecule has 1 aromatic heterocycles. The first kappa shape index (κ1) is 28.5. The predicted octanol–water partition coefficient (Wildman–Crippen LogP) is 8.23. The van der Waals surface area contributed by atoms with Crippen molar-refractivity contribution >= 4 is 5.97 Å². The monoisotopic (exact) mass is 477 g/mol. The molecule has 1 heterocycles. The summed E-state index contributed by atoms with van der Waals surface area (Å²) in [7, 11) is 0. The van der Waals surface area contributed by atoms with Gasteiger partial charge in [0.05, 0.1) is 6.07 Å². The van der Waals surface area contributed by atoms with Crippen LogP contribution in [0.4, 0.5) is 0 Å². The Morgan fingerprint density at radius 1 is 0.857 bits per heavy atom. The number of carbonyl (C=O) groups excluding carboxylic acids is 1. The average molecular weight is 478 g/mol. The van der Waals surface area contributed by atoms with Crippen LogP contribution in [-0.2, 0) is 11.2 Å². The van der Waals surface area contributed by atoms with Crippen molar-refractivity contribution in [1.82, 2.24) is 9.97 Å². The fourth-order valence-corrected chi connectivity index (χ4v) is 4.10. The first-order valence-electron chi connectivity index (χ1n) is 13.6. The number of carbonyl (C=O) groups is 1. The maximum atomic E-state index is 12.6. The quantitative estimate of drug-likeness (QED) is 0.130. The first-order chi connectivity index (χ1) is 17.0. The molecule has 5 heteroatoms. The second-order valence-corrected chi connectivity index (χ2v) is 9.81. The number of nitrogens with zero attached hydrogens (tertiary/aromatic N) is 3. The Morgan fingerprint density at radius 2 is 1.40 bits per heavy atom. The third-order valence-corrected chi connectivity index (χ3v) is 6.57. The van der Waals surface area contributed by atoms with Crippen LogP contribution in [0.5, 0.6) is 5.75 Å². The van der Waals surface area contributed by atoms with Crippen LogP contribution in [0.15, 0.2) is 36.7 Å². The molecule has 0 fully saturated rings. The molecule has 2 rings (SSSR count). The number of aryl methyl sites for hydroxylation is 1. The highest BCUT2D eigenvalue weighted by Crippen LogP contribution is 2.28. The first-order valence-corrected chi connectivity index (χ1v) is 13.6. The second kappa shape index (κ2) is 16.0. The topological polar surface area (TPSA) is 75.9 Å². The number of rotatable bonds is 17. The van der Waals surface area contributed by atoms with E-state index in [1.165, 1.54) is 56.9 Å². The van der Waals surface area contributed by atoms with E-state index in [0.29, 0.717) is 18.0 Å². The summed E-state index contributed by atoms with van der Waals surface area (Å²) >= 11 is 0. The summed E-state index contributed by atoms with van der Waals surface area (Å²) in [5, 5.41) is 9.56. The van der Waals surface area contributed by atoms with Crippen molar-refractivity contribution in [3.63, 3.8) is 0 Å². The number of benzene rings is 1. The van der Waals surface area contributed by atoms with Gasteiger partial charge >= 0.3 is 5.97 Å². The number of ether oxygens (including phenoxy) is 1. The lowest BCUT2D eigenvalue weighted by atomic mass is 9.86. The highest BCUT2D eigenvalue weighted by molar-refractivity contribution is 5.81. The summed E-state index contributed by atoms with van der Waals surface area (Å²) in [5.41, 5.74) is 0.909. The Bertz CT molecular complexity index is 903. The zero-order chi connectivity index (χ0) is 25.4. The third kappa shape index (κ3) is 10.2. The van der Waals surface area contributed by atoms with E-state index < -0.39 is 11.4 Å². The van der Waals surface area contributed by atoms with E-state index in [2.05, 4.69) is 29.9 Å². The van der Waals surface area contributed by atoms with Crippen molar-refractivity contribution in [1.29, 1.82) is 5.26 Å². The fourth-order valence-electron chi connectivity index (χ4n) is 4.10. The summed E-state index contributed by atoms with van der Waals surface area (Å²) in [4.78, 5) is 21.7. The number of aromatic nitrogens is 2. The summed E-state index contributed by atoms with van der Waals surface area (Å²) in [6.07, 6.45) is 19.9. The van der Waals surface area contributed by atoms with Crippen LogP contribution >= 0.6 is 0 Å². The van der Waals surface area contributed by atoms with Gasteiger partial charge in [-0.25, -0.2) is 14.8 Å². The molecule has 1 atom stereocenters. The van der Waals surface area contributed by atoms with Gasteiger partial charge in [0, 0.05) is 18.0 Å². The number of hydrogen-bond donors (Lipinski definition) is 0. The maximum absolute atomic E-state index is 12.6. The second-order valence-electron chi connectivity index (χ2n) is 9.81. The van der Waals surface area contributed by atoms with E-state index in [-0.39, 0.29) is 0 Å². The largest absolute Gasteiger partial charge is 0.425 e. The van der Waals surface area contributed by atoms with Crippen LogP contribution in [0, 0.1) is 16.7 Å². The Balaban J connectivity index is 1.81. The lowest BCUT2D eigenvalue weighted by Crippen LogP contribution is -2.30. The van der Waals surface area contributed by atoms with Crippen LogP contribution in [0.2, 0.25) is 0 Å². The van der Waals surface area contributed by atoms with E-state index in [9.17, 15) is 10.1 Å². The molecule has 0 saturated carbocycles. The molecule has 2 aromatic rings. The van der Waals surface area contributed by atoms with Crippen molar-refractivity contribution in [2.45, 2.75) is 111 Å². The van der Waals surface area contributed by atoms with Crippen LogP contribution in [0.3, 0.4) is 0 Å². The zero-order valence-electron chi connectivity index (χ0n) is 22.0. The minimum atomic E-state index is -1.12. The molecular formula is C30H43N3O2. The molecule has 0 amide bonds. The van der Waals surface area contributed by atoms with Gasteiger partial charge in [-0.15, -0.1) is 0 Å². The average Bonchev–Trinajstić information content (AvgIpc) is 2.89. The fraction of sp³-hybridized carbons (Fsp3) is 0.600. The SMILES string of the molecule is CCCCCCCCCCc1cnc(-c2ccc(OC(=O)C(C)(C#N)CCCCCC)cc2)nc1. The summed E-state index contributed by atoms with van der Waals surface area (Å²) in [6.45, 7) is 6.06. The lowest BCUT2D eigenvalue weighted by molar-refractivity contribution is -0.142. The molecular weight excluding hydrogens is 434 g/mol. The van der Waals surface area contributed by atoms with Gasteiger partial charge in [-0.3, -0.25) is 0 Å². The Kier molecular flexibility index (Phi) is 13.0. The molecule has 0 bridgehead atoms. The Hall–Kier alpha value is -2.74. The molecule has 0 aliphatic rings. The molecule has 1 aromatic carbocycles. The van der Waals surface area contributed by atoms with Crippen LogP contribution in [0.25, 0.3) is 11.4 Å². The molecule has 0 spiro atoms. The minimum absolute atomic E-state index is 0.431. The normalized spacial score (nSPS) is 12.6. The molecule has 0 saturated heterocycles. The zero-order valence-corrected chi connectivity index (χ0v) is 22.0. The smallest absolute Gasteiger partial charge is 0.331 e. The van der Waals surface area contributed by atoms with Crippen molar-refractivity contribution in [2.75, 3.05) is 0 Å². The highest BCUT2D eigenvalue weighted by atomic mass is 16.5. The van der Waals surface area contributed by atoms with Gasteiger partial charge in [0.25, 0.3) is 0 Å². The molecule has 35 heavy (non-hydrogen) atoms. The van der Waals surface area contributed by atoms with Crippen LogP contribution in [0.1, 0.15) is 110 Å². The number of nitriles is 1. The van der Waals surface area contributed by atoms with E-state index in [1.807, 2.05) is 24.5 Å². The molecule has 0 aliphatic carbocycles. The summed E-state index contributed by atoms with van der Waals surface area (Å²) < 4.78 is 5.53. The van der Waals surface area contributed by atoms with E-state index >= 15 is 0 Å². The van der Waals surface area contributed by atoms with Crippen LogP contribution < -0.4 is 4.74 Å². The third-order valence-electron chi connectivity index (χ3n) is 6.57. The van der Waals surface area contributed by atoms with Crippen molar-refractivity contribution in [3.05, 3.63) is 42.2 Å². The van der Waals surface area contributed by atoms with Gasteiger partial charge in [0.2, 0.25) is 0 Å². The molecule has 190 valence electrons. The van der Waals surface area contributed by atoms with Gasteiger partial charge in [0.1, 0.15) is 5.75 Å². The predicted molar refractivity (Wildman–Crippen MR) is 142 cm³/mol. The van der Waals surface area contributed by atoms with Gasteiger partial charge in [-0.05, 0) is 56.0 Å². The van der Waals surface area contributed by atoms with Crippen molar-refractivity contribution < 1.29 is 9.53 Å². The maximum Gasteiger partial charge on any atom is 0.331 e. The van der Waals surface area contributed by atoms with Gasteiger partial charge < -0.3 is 4.74 Å². The van der Waals surface area contributed by atoms with Gasteiger partial charge in [-0.1, -0.05) is 84.5 Å². The molecule has 1 unspecified atom stereocenters. The number of hydrogen-bond acceptors (Lipinski definition) is 5. The van der Waals surface area contributed by atoms with Gasteiger partial charge in [-0.2, -0.15) is 5.26 Å². The van der Waals surface area contributed by atoms with Crippen LogP contribution in [-0.4, -0.2) is 15.9 Å². The Morgan fingerprint density at radius 3 is 1.97 bits per heavy atom. The number of esters is 1. The van der Waals surface area contributed by atoms with Crippen molar-refractivity contribution in [2.24, 2.45) is 5.41 Å². The molecule has 5 nitrogen and oxygen atoms in total. The van der Waals surface area contributed by atoms with E-state index in [0.717, 1.165) is 37.7 Å². The summed E-state index contributed by atoms with van der Waals surface area (Å²) in [6, 6.07) is 9.32. The Labute approximate surface area is 212 Å². The summed E-state index contributed by atoms with van der Waals surface area (Å²) in [5.74, 6) is 0.589. The molecule has 0 N–H and O–H groups in total. The minimum Gasteiger partial charge on any atom is -0.425 e. The number of unbranched alkanes of at least 4 members (excludes halogenated alkanes) is 10. The lowest BCUT2D eigenvalue weighted by Gasteiger charge is -2.19. The van der Waals surface area contributed by atoms with Gasteiger partial charge in [0.15, 0.2) is 11.2 Å². The van der Waals surface area contributed by atoms with Crippen molar-refractivity contribution in [3.8, 4) is 23.2 Å². The highest BCUT2D eigenvalue weighted by Gasteiger charge is 2.35. The molecule has 0 aliphatic heterocycles.